The molecule has 8 rings (SSSR count). The molecule has 2 fully saturated rings. The van der Waals surface area contributed by atoms with Crippen molar-refractivity contribution < 1.29 is 4.79 Å². The van der Waals surface area contributed by atoms with E-state index >= 15 is 0 Å². The van der Waals surface area contributed by atoms with E-state index < -0.39 is 0 Å². The lowest BCUT2D eigenvalue weighted by Crippen LogP contribution is -2.64. The third-order valence-corrected chi connectivity index (χ3v) is 8.64. The maximum atomic E-state index is 13.4. The molecule has 33 heavy (non-hydrogen) atoms. The molecular formula is C28H42N4O. The minimum absolute atomic E-state index is 0.0837. The summed E-state index contributed by atoms with van der Waals surface area (Å²) in [5.41, 5.74) is 2.06. The monoisotopic (exact) mass is 450 g/mol. The van der Waals surface area contributed by atoms with E-state index in [0.717, 1.165) is 37.3 Å². The molecule has 1 saturated heterocycles. The summed E-state index contributed by atoms with van der Waals surface area (Å²) in [5, 5.41) is 3.81. The molecule has 2 amide bonds. The number of anilines is 1. The van der Waals surface area contributed by atoms with Gasteiger partial charge in [0.25, 0.3) is 0 Å². The first-order chi connectivity index (χ1) is 16.2. The molecule has 1 saturated carbocycles. The average Bonchev–Trinajstić information content (AvgIpc) is 3.08. The van der Waals surface area contributed by atoms with Gasteiger partial charge in [-0.2, -0.15) is 4.99 Å². The molecule has 1 aromatic carbocycles. The summed E-state index contributed by atoms with van der Waals surface area (Å²) in [5.74, 6) is 0.952. The van der Waals surface area contributed by atoms with Gasteiger partial charge in [-0.3, -0.25) is 4.90 Å². The zero-order valence-electron chi connectivity index (χ0n) is 20.5. The number of piperidine rings is 1. The summed E-state index contributed by atoms with van der Waals surface area (Å²) < 4.78 is 0. The Bertz CT molecular complexity index is 844. The van der Waals surface area contributed by atoms with Gasteiger partial charge < -0.3 is 10.2 Å². The predicted octanol–water partition coefficient (Wildman–Crippen LogP) is 6.07. The highest BCUT2D eigenvalue weighted by molar-refractivity contribution is 6.16. The molecule has 0 aromatic heterocycles. The molecule has 5 nitrogen and oxygen atoms in total. The number of benzene rings is 1. The smallest absolute Gasteiger partial charge is 0.350 e. The van der Waals surface area contributed by atoms with Crippen LogP contribution in [-0.2, 0) is 6.42 Å². The fourth-order valence-electron chi connectivity index (χ4n) is 6.69. The van der Waals surface area contributed by atoms with E-state index in [-0.39, 0.29) is 11.6 Å². The van der Waals surface area contributed by atoms with Gasteiger partial charge in [-0.15, -0.1) is 0 Å². The van der Waals surface area contributed by atoms with Crippen LogP contribution in [-0.4, -0.2) is 47.5 Å². The van der Waals surface area contributed by atoms with Gasteiger partial charge in [0.05, 0.1) is 0 Å². The van der Waals surface area contributed by atoms with E-state index in [1.807, 2.05) is 4.90 Å². The SMILES string of the molecule is C[C@H]1CC23CCN1CCCCCCCCc1ccc(cc1)N2C(=O)N=C3NC1CCCCC1. The second kappa shape index (κ2) is 10.2. The summed E-state index contributed by atoms with van der Waals surface area (Å²) in [7, 11) is 0. The standard InChI is InChI=1S/C28H42N4O/c1-22-21-28-18-20-31(22)19-10-5-3-2-4-7-11-23-14-16-25(17-15-23)32(28)27(33)30-26(28)29-24-12-8-6-9-13-24/h14-17,22,24H,2-13,18-21H2,1H3,(H,29,30,33)/t22-,28?/m0/s1. The van der Waals surface area contributed by atoms with E-state index in [2.05, 4.69) is 41.4 Å². The van der Waals surface area contributed by atoms with Gasteiger partial charge in [0.2, 0.25) is 0 Å². The summed E-state index contributed by atoms with van der Waals surface area (Å²) in [6, 6.07) is 9.63. The van der Waals surface area contributed by atoms with Crippen LogP contribution in [0.5, 0.6) is 0 Å². The number of aliphatic imine (C=N–C) groups is 1. The van der Waals surface area contributed by atoms with Crippen molar-refractivity contribution in [2.75, 3.05) is 18.0 Å². The van der Waals surface area contributed by atoms with Gasteiger partial charge >= 0.3 is 6.03 Å². The van der Waals surface area contributed by atoms with Gasteiger partial charge in [-0.1, -0.05) is 57.1 Å². The van der Waals surface area contributed by atoms with Gasteiger partial charge in [0.15, 0.2) is 0 Å². The van der Waals surface area contributed by atoms with Crippen LogP contribution in [0.1, 0.15) is 96.0 Å². The van der Waals surface area contributed by atoms with Crippen LogP contribution in [0.25, 0.3) is 0 Å². The second-order valence-electron chi connectivity index (χ2n) is 11.0. The highest BCUT2D eigenvalue weighted by Gasteiger charge is 2.53. The normalized spacial score (nSPS) is 31.8. The van der Waals surface area contributed by atoms with Crippen molar-refractivity contribution in [2.45, 2.75) is 114 Å². The lowest BCUT2D eigenvalue weighted by molar-refractivity contribution is 0.127. The predicted molar refractivity (Wildman–Crippen MR) is 136 cm³/mol. The van der Waals surface area contributed by atoms with Crippen molar-refractivity contribution in [3.8, 4) is 0 Å². The largest absolute Gasteiger partial charge is 0.369 e. The molecule has 7 aliphatic rings. The molecule has 3 atom stereocenters. The molecule has 180 valence electrons. The van der Waals surface area contributed by atoms with Crippen molar-refractivity contribution in [1.82, 2.24) is 10.2 Å². The zero-order valence-corrected chi connectivity index (χ0v) is 20.5. The molecule has 6 aliphatic heterocycles. The van der Waals surface area contributed by atoms with Gasteiger partial charge in [-0.25, -0.2) is 4.79 Å². The minimum Gasteiger partial charge on any atom is -0.369 e. The lowest BCUT2D eigenvalue weighted by atomic mass is 9.80. The maximum Gasteiger partial charge on any atom is 0.350 e. The number of rotatable bonds is 1. The first-order valence-electron chi connectivity index (χ1n) is 13.7. The van der Waals surface area contributed by atoms with Crippen LogP contribution < -0.4 is 10.2 Å². The van der Waals surface area contributed by atoms with Crippen LogP contribution in [0.15, 0.2) is 29.3 Å². The van der Waals surface area contributed by atoms with Crippen LogP contribution >= 0.6 is 0 Å². The molecule has 0 radical (unpaired) electrons. The Kier molecular flexibility index (Phi) is 7.05. The number of urea groups is 1. The number of amidine groups is 1. The number of carbonyl (C=O) groups is 1. The van der Waals surface area contributed by atoms with Gasteiger partial charge in [0.1, 0.15) is 11.4 Å². The van der Waals surface area contributed by atoms with E-state index in [9.17, 15) is 4.79 Å². The fourth-order valence-corrected chi connectivity index (χ4v) is 6.69. The van der Waals surface area contributed by atoms with E-state index in [4.69, 9.17) is 4.99 Å². The van der Waals surface area contributed by atoms with Crippen molar-refractivity contribution in [1.29, 1.82) is 0 Å². The van der Waals surface area contributed by atoms with Crippen LogP contribution in [0.3, 0.4) is 0 Å². The van der Waals surface area contributed by atoms with E-state index in [1.165, 1.54) is 82.7 Å². The first-order valence-corrected chi connectivity index (χ1v) is 13.7. The minimum atomic E-state index is -0.333. The van der Waals surface area contributed by atoms with E-state index in [0.29, 0.717) is 12.1 Å². The number of nitrogens with one attached hydrogen (secondary N) is 1. The zero-order chi connectivity index (χ0) is 22.7. The van der Waals surface area contributed by atoms with Crippen molar-refractivity contribution in [2.24, 2.45) is 4.99 Å². The molecule has 1 N–H and O–H groups in total. The summed E-state index contributed by atoms with van der Waals surface area (Å²) in [6.45, 7) is 4.58. The molecule has 2 unspecified atom stereocenters. The Labute approximate surface area is 200 Å². The number of carbonyl (C=O) groups excluding carboxylic acids is 1. The maximum absolute atomic E-state index is 13.4. The topological polar surface area (TPSA) is 47.9 Å². The Hall–Kier alpha value is -1.88. The highest BCUT2D eigenvalue weighted by Crippen LogP contribution is 2.41. The molecule has 6 heterocycles. The summed E-state index contributed by atoms with van der Waals surface area (Å²) in [4.78, 5) is 22.8. The van der Waals surface area contributed by atoms with Gasteiger partial charge in [0, 0.05) is 24.3 Å². The number of nitrogens with zero attached hydrogens (tertiary/aromatic N) is 3. The van der Waals surface area contributed by atoms with Crippen molar-refractivity contribution in [3.63, 3.8) is 0 Å². The van der Waals surface area contributed by atoms with Crippen molar-refractivity contribution >= 4 is 17.6 Å². The first kappa shape index (κ1) is 22.9. The van der Waals surface area contributed by atoms with Crippen LogP contribution in [0, 0.1) is 0 Å². The van der Waals surface area contributed by atoms with Gasteiger partial charge in [-0.05, 0) is 76.1 Å². The molecular weight excluding hydrogens is 408 g/mol. The molecule has 1 spiro atoms. The Balaban J connectivity index is 1.46. The van der Waals surface area contributed by atoms with E-state index in [1.54, 1.807) is 0 Å². The third kappa shape index (κ3) is 4.84. The number of amides is 2. The summed E-state index contributed by atoms with van der Waals surface area (Å²) in [6.07, 6.45) is 17.2. The number of hydrogen-bond acceptors (Lipinski definition) is 3. The second-order valence-corrected chi connectivity index (χ2v) is 11.0. The average molecular weight is 451 g/mol. The molecule has 4 bridgehead atoms. The molecule has 1 aliphatic carbocycles. The van der Waals surface area contributed by atoms with Crippen LogP contribution in [0.4, 0.5) is 10.5 Å². The van der Waals surface area contributed by atoms with Crippen LogP contribution in [0.2, 0.25) is 0 Å². The Morgan fingerprint density at radius 3 is 2.36 bits per heavy atom. The third-order valence-electron chi connectivity index (χ3n) is 8.64. The fraction of sp³-hybridized carbons (Fsp3) is 0.714. The van der Waals surface area contributed by atoms with Crippen molar-refractivity contribution in [3.05, 3.63) is 29.8 Å². The quantitative estimate of drug-likeness (QED) is 0.565. The Morgan fingerprint density at radius 2 is 1.61 bits per heavy atom. The molecule has 1 aromatic rings. The lowest BCUT2D eigenvalue weighted by Gasteiger charge is -2.48. The molecule has 5 heteroatoms. The summed E-state index contributed by atoms with van der Waals surface area (Å²) >= 11 is 0. The number of hydrogen-bond donors (Lipinski definition) is 1. The Morgan fingerprint density at radius 1 is 0.909 bits per heavy atom. The number of aryl methyl sites for hydroxylation is 1. The highest BCUT2D eigenvalue weighted by atomic mass is 16.2.